The van der Waals surface area contributed by atoms with Gasteiger partial charge in [-0.15, -0.1) is 0 Å². The number of hydrogen-bond donors (Lipinski definition) is 1. The molecule has 4 rings (SSSR count). The van der Waals surface area contributed by atoms with E-state index in [0.717, 1.165) is 22.0 Å². The lowest BCUT2D eigenvalue weighted by Gasteiger charge is -2.34. The minimum Gasteiger partial charge on any atom is -0.352 e. The van der Waals surface area contributed by atoms with Gasteiger partial charge in [-0.05, 0) is 67.4 Å². The molecule has 43 heavy (non-hydrogen) atoms. The smallest absolute Gasteiger partial charge is 0.264 e. The molecule has 10 heteroatoms. The van der Waals surface area contributed by atoms with Crippen LogP contribution < -0.4 is 9.62 Å². The molecule has 0 spiro atoms. The molecule has 0 saturated carbocycles. The quantitative estimate of drug-likeness (QED) is 0.215. The standard InChI is InChI=1S/C33H33ClFN3O4S/c1-24(2)36-33(40)31(21-25-11-5-3-6-12-25)37(22-26-13-9-10-16-30(26)34)32(39)23-38(28-19-17-27(35)18-20-28)43(41,42)29-14-7-4-8-15-29/h3-20,24,31H,21-23H2,1-2H3,(H,36,40). The minimum absolute atomic E-state index is 0.0387. The van der Waals surface area contributed by atoms with Crippen molar-refractivity contribution in [2.75, 3.05) is 10.8 Å². The van der Waals surface area contributed by atoms with Crippen molar-refractivity contribution in [2.24, 2.45) is 0 Å². The second-order valence-electron chi connectivity index (χ2n) is 10.3. The van der Waals surface area contributed by atoms with Crippen LogP contribution in [0.2, 0.25) is 5.02 Å². The molecule has 4 aromatic rings. The van der Waals surface area contributed by atoms with E-state index in [2.05, 4.69) is 5.32 Å². The van der Waals surface area contributed by atoms with Gasteiger partial charge < -0.3 is 10.2 Å². The summed E-state index contributed by atoms with van der Waals surface area (Å²) in [5.41, 5.74) is 1.50. The number of nitrogens with one attached hydrogen (secondary N) is 1. The van der Waals surface area contributed by atoms with Crippen LogP contribution in [0.15, 0.2) is 114 Å². The number of rotatable bonds is 12. The zero-order valence-electron chi connectivity index (χ0n) is 23.9. The highest BCUT2D eigenvalue weighted by Gasteiger charge is 2.35. The molecule has 0 aromatic heterocycles. The summed E-state index contributed by atoms with van der Waals surface area (Å²) in [5.74, 6) is -1.58. The van der Waals surface area contributed by atoms with E-state index >= 15 is 0 Å². The van der Waals surface area contributed by atoms with Crippen molar-refractivity contribution in [1.82, 2.24) is 10.2 Å². The SMILES string of the molecule is CC(C)NC(=O)C(Cc1ccccc1)N(Cc1ccccc1Cl)C(=O)CN(c1ccc(F)cc1)S(=O)(=O)c1ccccc1. The number of hydrogen-bond acceptors (Lipinski definition) is 4. The van der Waals surface area contributed by atoms with E-state index in [1.54, 1.807) is 42.5 Å². The molecule has 2 amide bonds. The van der Waals surface area contributed by atoms with Gasteiger partial charge in [-0.3, -0.25) is 13.9 Å². The van der Waals surface area contributed by atoms with Gasteiger partial charge in [0.25, 0.3) is 10.0 Å². The van der Waals surface area contributed by atoms with Crippen LogP contribution in [0.25, 0.3) is 0 Å². The Morgan fingerprint density at radius 3 is 2.02 bits per heavy atom. The first-order valence-electron chi connectivity index (χ1n) is 13.8. The average molecular weight is 622 g/mol. The van der Waals surface area contributed by atoms with Crippen molar-refractivity contribution < 1.29 is 22.4 Å². The van der Waals surface area contributed by atoms with Crippen molar-refractivity contribution in [3.05, 3.63) is 131 Å². The van der Waals surface area contributed by atoms with E-state index in [1.807, 2.05) is 44.2 Å². The highest BCUT2D eigenvalue weighted by atomic mass is 35.5. The predicted octanol–water partition coefficient (Wildman–Crippen LogP) is 5.84. The fraction of sp³-hybridized carbons (Fsp3) is 0.212. The molecule has 0 aliphatic rings. The van der Waals surface area contributed by atoms with Crippen molar-refractivity contribution in [3.8, 4) is 0 Å². The van der Waals surface area contributed by atoms with Crippen LogP contribution in [0.1, 0.15) is 25.0 Å². The summed E-state index contributed by atoms with van der Waals surface area (Å²) < 4.78 is 42.6. The minimum atomic E-state index is -4.26. The van der Waals surface area contributed by atoms with Crippen molar-refractivity contribution in [2.45, 2.75) is 43.8 Å². The summed E-state index contributed by atoms with van der Waals surface area (Å²) in [6.07, 6.45) is 0.178. The monoisotopic (exact) mass is 621 g/mol. The van der Waals surface area contributed by atoms with Gasteiger partial charge in [0.15, 0.2) is 0 Å². The summed E-state index contributed by atoms with van der Waals surface area (Å²) in [4.78, 5) is 29.3. The highest BCUT2D eigenvalue weighted by molar-refractivity contribution is 7.92. The van der Waals surface area contributed by atoms with E-state index in [4.69, 9.17) is 11.6 Å². The molecule has 0 radical (unpaired) electrons. The number of halogens is 2. The largest absolute Gasteiger partial charge is 0.352 e. The Kier molecular flexibility index (Phi) is 10.6. The third-order valence-electron chi connectivity index (χ3n) is 6.73. The second kappa shape index (κ2) is 14.3. The van der Waals surface area contributed by atoms with Gasteiger partial charge in [-0.25, -0.2) is 12.8 Å². The normalized spacial score (nSPS) is 12.0. The number of nitrogens with zero attached hydrogens (tertiary/aromatic N) is 2. The van der Waals surface area contributed by atoms with Crippen molar-refractivity contribution >= 4 is 39.1 Å². The predicted molar refractivity (Wildman–Crippen MR) is 167 cm³/mol. The maximum absolute atomic E-state index is 14.3. The van der Waals surface area contributed by atoms with Crippen LogP contribution in [-0.4, -0.2) is 43.8 Å². The van der Waals surface area contributed by atoms with Crippen LogP contribution in [0.4, 0.5) is 10.1 Å². The molecule has 0 bridgehead atoms. The molecule has 0 aliphatic heterocycles. The zero-order chi connectivity index (χ0) is 31.0. The van der Waals surface area contributed by atoms with Gasteiger partial charge in [0.2, 0.25) is 11.8 Å². The topological polar surface area (TPSA) is 86.8 Å². The lowest BCUT2D eigenvalue weighted by atomic mass is 10.0. The lowest BCUT2D eigenvalue weighted by molar-refractivity contribution is -0.140. The average Bonchev–Trinajstić information content (AvgIpc) is 2.99. The van der Waals surface area contributed by atoms with Crippen LogP contribution in [0.3, 0.4) is 0 Å². The summed E-state index contributed by atoms with van der Waals surface area (Å²) in [7, 11) is -4.26. The molecule has 224 valence electrons. The Labute approximate surface area is 257 Å². The molecular formula is C33H33ClFN3O4S. The van der Waals surface area contributed by atoms with Crippen LogP contribution in [-0.2, 0) is 32.6 Å². The third kappa shape index (κ3) is 8.21. The number of benzene rings is 4. The van der Waals surface area contributed by atoms with E-state index in [9.17, 15) is 22.4 Å². The van der Waals surface area contributed by atoms with Gasteiger partial charge in [-0.2, -0.15) is 0 Å². The van der Waals surface area contributed by atoms with Gasteiger partial charge in [0, 0.05) is 24.0 Å². The number of amides is 2. The Balaban J connectivity index is 1.80. The Hall–Kier alpha value is -4.21. The molecule has 1 unspecified atom stereocenters. The molecule has 4 aromatic carbocycles. The maximum atomic E-state index is 14.3. The van der Waals surface area contributed by atoms with Gasteiger partial charge in [-0.1, -0.05) is 78.3 Å². The summed E-state index contributed by atoms with van der Waals surface area (Å²) in [6, 6.07) is 27.6. The summed E-state index contributed by atoms with van der Waals surface area (Å²) in [6.45, 7) is 2.94. The van der Waals surface area contributed by atoms with Gasteiger partial charge >= 0.3 is 0 Å². The number of anilines is 1. The molecule has 0 heterocycles. The second-order valence-corrected chi connectivity index (χ2v) is 12.6. The van der Waals surface area contributed by atoms with Crippen molar-refractivity contribution in [3.63, 3.8) is 0 Å². The molecular weight excluding hydrogens is 589 g/mol. The van der Waals surface area contributed by atoms with Gasteiger partial charge in [0.05, 0.1) is 10.6 Å². The zero-order valence-corrected chi connectivity index (χ0v) is 25.4. The molecule has 1 atom stereocenters. The Morgan fingerprint density at radius 1 is 0.837 bits per heavy atom. The summed E-state index contributed by atoms with van der Waals surface area (Å²) in [5, 5.41) is 3.31. The fourth-order valence-corrected chi connectivity index (χ4v) is 6.23. The van der Waals surface area contributed by atoms with E-state index in [-0.39, 0.29) is 29.6 Å². The molecule has 1 N–H and O–H groups in total. The number of carbonyl (C=O) groups is 2. The highest BCUT2D eigenvalue weighted by Crippen LogP contribution is 2.26. The summed E-state index contributed by atoms with van der Waals surface area (Å²) >= 11 is 6.49. The van der Waals surface area contributed by atoms with E-state index < -0.39 is 40.2 Å². The first-order valence-corrected chi connectivity index (χ1v) is 15.6. The Bertz CT molecular complexity index is 1640. The van der Waals surface area contributed by atoms with Crippen LogP contribution >= 0.6 is 11.6 Å². The Morgan fingerprint density at radius 2 is 1.42 bits per heavy atom. The molecule has 7 nitrogen and oxygen atoms in total. The first kappa shape index (κ1) is 31.7. The number of sulfonamides is 1. The molecule has 0 fully saturated rings. The van der Waals surface area contributed by atoms with Crippen LogP contribution in [0, 0.1) is 5.82 Å². The van der Waals surface area contributed by atoms with Crippen LogP contribution in [0.5, 0.6) is 0 Å². The van der Waals surface area contributed by atoms with Crippen molar-refractivity contribution in [1.29, 1.82) is 0 Å². The van der Waals surface area contributed by atoms with E-state index in [1.165, 1.54) is 29.2 Å². The van der Waals surface area contributed by atoms with Gasteiger partial charge in [0.1, 0.15) is 18.4 Å². The lowest BCUT2D eigenvalue weighted by Crippen LogP contribution is -2.54. The third-order valence-corrected chi connectivity index (χ3v) is 8.88. The van der Waals surface area contributed by atoms with E-state index in [0.29, 0.717) is 10.6 Å². The first-order chi connectivity index (χ1) is 20.6. The fourth-order valence-electron chi connectivity index (χ4n) is 4.60. The molecule has 0 saturated heterocycles. The maximum Gasteiger partial charge on any atom is 0.264 e. The molecule has 0 aliphatic carbocycles. The number of carbonyl (C=O) groups excluding carboxylic acids is 2.